The van der Waals surface area contributed by atoms with Gasteiger partial charge in [0.05, 0.1) is 17.9 Å². The van der Waals surface area contributed by atoms with Crippen molar-refractivity contribution < 1.29 is 4.79 Å². The maximum absolute atomic E-state index is 12.0. The highest BCUT2D eigenvalue weighted by molar-refractivity contribution is 6.28. The number of rotatable bonds is 2. The zero-order valence-electron chi connectivity index (χ0n) is 10.5. The Morgan fingerprint density at radius 1 is 1.53 bits per heavy atom. The van der Waals surface area contributed by atoms with Crippen LogP contribution in [0.1, 0.15) is 31.7 Å². The lowest BCUT2D eigenvalue weighted by Crippen LogP contribution is -2.37. The first-order valence-electron chi connectivity index (χ1n) is 5.96. The molecule has 1 aliphatic rings. The molecule has 0 atom stereocenters. The Labute approximate surface area is 107 Å². The zero-order chi connectivity index (χ0) is 12.6. The van der Waals surface area contributed by atoms with Gasteiger partial charge < -0.3 is 9.47 Å². The molecule has 1 aromatic heterocycles. The van der Waals surface area contributed by atoms with Gasteiger partial charge in [0.2, 0.25) is 11.2 Å². The second-order valence-electron chi connectivity index (χ2n) is 5.00. The van der Waals surface area contributed by atoms with Crippen LogP contribution in [0.25, 0.3) is 0 Å². The average Bonchev–Trinajstić information content (AvgIpc) is 2.54. The highest BCUT2D eigenvalue weighted by Crippen LogP contribution is 2.22. The summed E-state index contributed by atoms with van der Waals surface area (Å²) in [5.74, 6) is 0.627. The Kier molecular flexibility index (Phi) is 3.43. The van der Waals surface area contributed by atoms with Crippen molar-refractivity contribution in [3.63, 3.8) is 0 Å². The van der Waals surface area contributed by atoms with Gasteiger partial charge in [0, 0.05) is 26.4 Å². The first-order valence-corrected chi connectivity index (χ1v) is 6.34. The van der Waals surface area contributed by atoms with Crippen LogP contribution in [0.2, 0.25) is 5.28 Å². The van der Waals surface area contributed by atoms with Crippen LogP contribution in [-0.4, -0.2) is 26.9 Å². The normalized spacial score (nSPS) is 15.2. The van der Waals surface area contributed by atoms with Crippen LogP contribution in [0.5, 0.6) is 0 Å². The van der Waals surface area contributed by atoms with Crippen LogP contribution in [0.15, 0.2) is 0 Å². The minimum Gasteiger partial charge on any atom is -0.336 e. The van der Waals surface area contributed by atoms with E-state index in [9.17, 15) is 4.79 Å². The van der Waals surface area contributed by atoms with E-state index in [1.807, 2.05) is 16.5 Å². The van der Waals surface area contributed by atoms with Gasteiger partial charge in [-0.3, -0.25) is 4.79 Å². The van der Waals surface area contributed by atoms with Crippen molar-refractivity contribution >= 4 is 17.5 Å². The number of hydrogen-bond donors (Lipinski definition) is 0. The van der Waals surface area contributed by atoms with Gasteiger partial charge in [-0.15, -0.1) is 0 Å². The van der Waals surface area contributed by atoms with Crippen LogP contribution in [0, 0.1) is 5.92 Å². The minimum atomic E-state index is 0.225. The fourth-order valence-electron chi connectivity index (χ4n) is 2.15. The lowest BCUT2D eigenvalue weighted by atomic mass is 10.1. The molecule has 5 heteroatoms. The Morgan fingerprint density at radius 3 is 2.88 bits per heavy atom. The van der Waals surface area contributed by atoms with Gasteiger partial charge in [-0.25, -0.2) is 4.98 Å². The van der Waals surface area contributed by atoms with E-state index in [4.69, 9.17) is 11.6 Å². The average molecular weight is 256 g/mol. The first kappa shape index (κ1) is 12.4. The fraction of sp³-hybridized carbons (Fsp3) is 0.667. The molecular formula is C12H18ClN3O. The molecule has 1 aliphatic heterocycles. The molecule has 0 fully saturated rings. The van der Waals surface area contributed by atoms with Gasteiger partial charge in [0.25, 0.3) is 0 Å². The highest BCUT2D eigenvalue weighted by Gasteiger charge is 2.25. The number of carbonyl (C=O) groups excluding carboxylic acids is 1. The quantitative estimate of drug-likeness (QED) is 0.811. The summed E-state index contributed by atoms with van der Waals surface area (Å²) in [5, 5.41) is 0.508. The van der Waals surface area contributed by atoms with E-state index in [0.29, 0.717) is 24.2 Å². The Morgan fingerprint density at radius 2 is 2.24 bits per heavy atom. The molecule has 94 valence electrons. The molecule has 0 aliphatic carbocycles. The van der Waals surface area contributed by atoms with Crippen LogP contribution < -0.4 is 0 Å². The molecule has 0 saturated carbocycles. The largest absolute Gasteiger partial charge is 0.336 e. The molecule has 0 N–H and O–H groups in total. The molecule has 0 bridgehead atoms. The summed E-state index contributed by atoms with van der Waals surface area (Å²) in [4.78, 5) is 18.2. The Bertz CT molecular complexity index is 439. The molecule has 0 spiro atoms. The van der Waals surface area contributed by atoms with E-state index in [1.54, 1.807) is 0 Å². The molecular weight excluding hydrogens is 238 g/mol. The lowest BCUT2D eigenvalue weighted by molar-refractivity contribution is -0.133. The maximum atomic E-state index is 12.0. The van der Waals surface area contributed by atoms with Crippen LogP contribution in [0.4, 0.5) is 0 Å². The number of nitrogens with zero attached hydrogens (tertiary/aromatic N) is 3. The van der Waals surface area contributed by atoms with E-state index < -0.39 is 0 Å². The summed E-state index contributed by atoms with van der Waals surface area (Å²) < 4.78 is 1.87. The molecule has 0 radical (unpaired) electrons. The summed E-state index contributed by atoms with van der Waals surface area (Å²) in [5.41, 5.74) is 2.10. The third kappa shape index (κ3) is 2.46. The van der Waals surface area contributed by atoms with Gasteiger partial charge in [-0.1, -0.05) is 13.8 Å². The van der Waals surface area contributed by atoms with E-state index in [2.05, 4.69) is 18.8 Å². The van der Waals surface area contributed by atoms with Crippen molar-refractivity contribution in [3.8, 4) is 0 Å². The topological polar surface area (TPSA) is 38.1 Å². The molecule has 4 nitrogen and oxygen atoms in total. The van der Waals surface area contributed by atoms with Crippen molar-refractivity contribution in [3.05, 3.63) is 16.7 Å². The third-order valence-electron chi connectivity index (χ3n) is 3.14. The zero-order valence-corrected chi connectivity index (χ0v) is 11.3. The lowest BCUT2D eigenvalue weighted by Gasteiger charge is -2.27. The summed E-state index contributed by atoms with van der Waals surface area (Å²) in [7, 11) is 1.89. The molecule has 1 amide bonds. The second kappa shape index (κ2) is 4.69. The van der Waals surface area contributed by atoms with Crippen molar-refractivity contribution in [2.45, 2.75) is 33.2 Å². The molecule has 17 heavy (non-hydrogen) atoms. The highest BCUT2D eigenvalue weighted by atomic mass is 35.5. The fourth-order valence-corrected chi connectivity index (χ4v) is 2.35. The number of halogens is 1. The number of fused-ring (bicyclic) bond motifs is 1. The van der Waals surface area contributed by atoms with Crippen LogP contribution >= 0.6 is 11.6 Å². The SMILES string of the molecule is CC(C)CC(=O)N1CCc2nc(Cl)n(C)c2C1. The molecule has 1 aromatic rings. The summed E-state index contributed by atoms with van der Waals surface area (Å²) in [6, 6.07) is 0. The van der Waals surface area contributed by atoms with Crippen LogP contribution in [-0.2, 0) is 24.8 Å². The van der Waals surface area contributed by atoms with Crippen molar-refractivity contribution in [1.82, 2.24) is 14.5 Å². The number of aromatic nitrogens is 2. The molecule has 0 unspecified atom stereocenters. The summed E-state index contributed by atoms with van der Waals surface area (Å²) in [6.07, 6.45) is 1.42. The number of imidazole rings is 1. The van der Waals surface area contributed by atoms with Crippen molar-refractivity contribution in [2.24, 2.45) is 13.0 Å². The predicted octanol–water partition coefficient (Wildman–Crippen LogP) is 2.00. The van der Waals surface area contributed by atoms with Crippen LogP contribution in [0.3, 0.4) is 0 Å². The smallest absolute Gasteiger partial charge is 0.223 e. The van der Waals surface area contributed by atoms with Crippen molar-refractivity contribution in [2.75, 3.05) is 6.54 Å². The number of carbonyl (C=O) groups is 1. The molecule has 2 heterocycles. The summed E-state index contributed by atoms with van der Waals surface area (Å²) >= 11 is 5.98. The number of amides is 1. The predicted molar refractivity (Wildman–Crippen MR) is 66.8 cm³/mol. The van der Waals surface area contributed by atoms with Gasteiger partial charge in [-0.2, -0.15) is 0 Å². The number of hydrogen-bond acceptors (Lipinski definition) is 2. The van der Waals surface area contributed by atoms with Gasteiger partial charge in [0.15, 0.2) is 0 Å². The maximum Gasteiger partial charge on any atom is 0.223 e. The van der Waals surface area contributed by atoms with E-state index in [1.165, 1.54) is 0 Å². The van der Waals surface area contributed by atoms with E-state index in [0.717, 1.165) is 24.4 Å². The minimum absolute atomic E-state index is 0.225. The third-order valence-corrected chi connectivity index (χ3v) is 3.47. The van der Waals surface area contributed by atoms with Gasteiger partial charge in [0.1, 0.15) is 0 Å². The van der Waals surface area contributed by atoms with Gasteiger partial charge >= 0.3 is 0 Å². The summed E-state index contributed by atoms with van der Waals surface area (Å²) in [6.45, 7) is 5.52. The monoisotopic (exact) mass is 255 g/mol. The standard InChI is InChI=1S/C12H18ClN3O/c1-8(2)6-11(17)16-5-4-9-10(7-16)15(3)12(13)14-9/h8H,4-7H2,1-3H3. The molecule has 0 aromatic carbocycles. The van der Waals surface area contributed by atoms with Crippen molar-refractivity contribution in [1.29, 1.82) is 0 Å². The second-order valence-corrected chi connectivity index (χ2v) is 5.33. The van der Waals surface area contributed by atoms with E-state index in [-0.39, 0.29) is 5.91 Å². The van der Waals surface area contributed by atoms with E-state index >= 15 is 0 Å². The molecule has 0 saturated heterocycles. The molecule has 2 rings (SSSR count). The Hall–Kier alpha value is -1.03. The first-order chi connectivity index (χ1) is 7.99. The van der Waals surface area contributed by atoms with Gasteiger partial charge in [-0.05, 0) is 17.5 Å². The Balaban J connectivity index is 2.13.